The number of rotatable bonds is 4. The molecule has 0 spiro atoms. The molecule has 29 heavy (non-hydrogen) atoms. The second-order valence-corrected chi connectivity index (χ2v) is 11.2. The molecular formula is C24H41NO4. The van der Waals surface area contributed by atoms with Crippen LogP contribution in [0.5, 0.6) is 0 Å². The summed E-state index contributed by atoms with van der Waals surface area (Å²) in [6.45, 7) is 7.59. The molecule has 3 unspecified atom stereocenters. The van der Waals surface area contributed by atoms with Crippen LogP contribution in [-0.4, -0.2) is 49.5 Å². The number of fused-ring (bicyclic) bond motifs is 5. The lowest BCUT2D eigenvalue weighted by atomic mass is 9.43. The van der Waals surface area contributed by atoms with Crippen LogP contribution in [0.25, 0.3) is 0 Å². The van der Waals surface area contributed by atoms with Crippen molar-refractivity contribution in [3.8, 4) is 0 Å². The molecule has 1 heterocycles. The maximum Gasteiger partial charge on any atom is 0.161 e. The predicted molar refractivity (Wildman–Crippen MR) is 111 cm³/mol. The Morgan fingerprint density at radius 2 is 1.69 bits per heavy atom. The summed E-state index contributed by atoms with van der Waals surface area (Å²) in [7, 11) is 0. The van der Waals surface area contributed by atoms with Gasteiger partial charge in [0.25, 0.3) is 0 Å². The molecule has 8 atom stereocenters. The highest BCUT2D eigenvalue weighted by Gasteiger charge is 2.68. The Kier molecular flexibility index (Phi) is 5.31. The third kappa shape index (κ3) is 2.98. The van der Waals surface area contributed by atoms with Gasteiger partial charge in [-0.2, -0.15) is 0 Å². The maximum atomic E-state index is 12.2. The van der Waals surface area contributed by atoms with E-state index in [0.29, 0.717) is 55.6 Å². The Morgan fingerprint density at radius 1 is 0.931 bits per heavy atom. The number of ether oxygens (including phenoxy) is 3. The summed E-state index contributed by atoms with van der Waals surface area (Å²) >= 11 is 0. The zero-order valence-corrected chi connectivity index (χ0v) is 18.4. The van der Waals surface area contributed by atoms with E-state index < -0.39 is 5.60 Å². The van der Waals surface area contributed by atoms with Crippen molar-refractivity contribution < 1.29 is 19.3 Å². The van der Waals surface area contributed by atoms with Crippen molar-refractivity contribution in [2.75, 3.05) is 26.4 Å². The summed E-state index contributed by atoms with van der Waals surface area (Å²) in [5, 5.41) is 12.2. The molecule has 5 nitrogen and oxygen atoms in total. The van der Waals surface area contributed by atoms with Gasteiger partial charge in [-0.1, -0.05) is 13.8 Å². The highest BCUT2D eigenvalue weighted by Crippen LogP contribution is 2.69. The minimum Gasteiger partial charge on any atom is -0.389 e. The van der Waals surface area contributed by atoms with Gasteiger partial charge in [0.2, 0.25) is 0 Å². The quantitative estimate of drug-likeness (QED) is 0.746. The number of nitrogens with two attached hydrogens (primary N) is 1. The van der Waals surface area contributed by atoms with E-state index in [1.165, 1.54) is 32.1 Å². The molecule has 1 saturated heterocycles. The second kappa shape index (κ2) is 7.44. The van der Waals surface area contributed by atoms with E-state index in [1.54, 1.807) is 0 Å². The first-order valence-corrected chi connectivity index (χ1v) is 12.2. The Morgan fingerprint density at radius 3 is 2.45 bits per heavy atom. The van der Waals surface area contributed by atoms with Crippen molar-refractivity contribution in [2.45, 2.75) is 89.6 Å². The Labute approximate surface area is 176 Å². The van der Waals surface area contributed by atoms with Gasteiger partial charge >= 0.3 is 0 Å². The van der Waals surface area contributed by atoms with E-state index in [9.17, 15) is 5.11 Å². The lowest BCUT2D eigenvalue weighted by molar-refractivity contribution is -0.228. The second-order valence-electron chi connectivity index (χ2n) is 11.2. The van der Waals surface area contributed by atoms with Gasteiger partial charge < -0.3 is 25.1 Å². The molecule has 0 aromatic heterocycles. The summed E-state index contributed by atoms with van der Waals surface area (Å²) in [5.41, 5.74) is 5.37. The number of hydrogen-bond acceptors (Lipinski definition) is 5. The molecule has 5 aliphatic rings. The van der Waals surface area contributed by atoms with E-state index in [0.717, 1.165) is 31.6 Å². The fourth-order valence-electron chi connectivity index (χ4n) is 8.66. The van der Waals surface area contributed by atoms with Gasteiger partial charge in [-0.15, -0.1) is 0 Å². The van der Waals surface area contributed by atoms with Crippen LogP contribution >= 0.6 is 0 Å². The largest absolute Gasteiger partial charge is 0.389 e. The number of aliphatic hydroxyl groups is 1. The molecule has 0 bridgehead atoms. The monoisotopic (exact) mass is 407 g/mol. The van der Waals surface area contributed by atoms with E-state index in [-0.39, 0.29) is 11.7 Å². The SMILES string of the molecule is C[C@]12CCC(OCCN)CC1CC[C@@H]1[C@H]2CC[C@]2(C)C(C3OCCO3)CC[C@@]12O. The minimum absolute atomic E-state index is 0.0756. The molecule has 1 aliphatic heterocycles. The van der Waals surface area contributed by atoms with Crippen LogP contribution in [0.2, 0.25) is 0 Å². The predicted octanol–water partition coefficient (Wildman–Crippen LogP) is 3.48. The van der Waals surface area contributed by atoms with Gasteiger partial charge in [0.1, 0.15) is 0 Å². The fourth-order valence-corrected chi connectivity index (χ4v) is 8.66. The molecule has 0 aromatic carbocycles. The topological polar surface area (TPSA) is 73.9 Å². The van der Waals surface area contributed by atoms with E-state index in [4.69, 9.17) is 19.9 Å². The van der Waals surface area contributed by atoms with E-state index >= 15 is 0 Å². The molecule has 5 heteroatoms. The Balaban J connectivity index is 1.36. The van der Waals surface area contributed by atoms with Gasteiger partial charge in [0.05, 0.1) is 31.5 Å². The van der Waals surface area contributed by atoms with Crippen LogP contribution in [-0.2, 0) is 14.2 Å². The Bertz CT molecular complexity index is 610. The smallest absolute Gasteiger partial charge is 0.161 e. The summed E-state index contributed by atoms with van der Waals surface area (Å²) in [5.74, 6) is 2.13. The zero-order valence-electron chi connectivity index (χ0n) is 18.4. The molecular weight excluding hydrogens is 366 g/mol. The molecule has 5 rings (SSSR count). The summed E-state index contributed by atoms with van der Waals surface area (Å²) < 4.78 is 17.9. The maximum absolute atomic E-state index is 12.2. The molecule has 0 radical (unpaired) electrons. The third-order valence-electron chi connectivity index (χ3n) is 10.3. The van der Waals surface area contributed by atoms with Crippen LogP contribution in [0.1, 0.15) is 71.6 Å². The molecule has 3 N–H and O–H groups in total. The van der Waals surface area contributed by atoms with Gasteiger partial charge in [0.15, 0.2) is 6.29 Å². The van der Waals surface area contributed by atoms with E-state index in [2.05, 4.69) is 13.8 Å². The van der Waals surface area contributed by atoms with Crippen LogP contribution in [0.3, 0.4) is 0 Å². The molecule has 4 aliphatic carbocycles. The van der Waals surface area contributed by atoms with Crippen molar-refractivity contribution in [1.29, 1.82) is 0 Å². The summed E-state index contributed by atoms with van der Waals surface area (Å²) in [6.07, 6.45) is 10.6. The highest BCUT2D eigenvalue weighted by molar-refractivity contribution is 5.17. The van der Waals surface area contributed by atoms with Crippen LogP contribution in [0, 0.1) is 34.5 Å². The van der Waals surface area contributed by atoms with Crippen molar-refractivity contribution >= 4 is 0 Å². The molecule has 166 valence electrons. The van der Waals surface area contributed by atoms with Gasteiger partial charge in [-0.25, -0.2) is 0 Å². The minimum atomic E-state index is -0.559. The third-order valence-corrected chi connectivity index (χ3v) is 10.3. The van der Waals surface area contributed by atoms with E-state index in [1.807, 2.05) is 0 Å². The van der Waals surface area contributed by atoms with Gasteiger partial charge in [-0.05, 0) is 81.0 Å². The first-order valence-electron chi connectivity index (χ1n) is 12.2. The van der Waals surface area contributed by atoms with Crippen molar-refractivity contribution in [1.82, 2.24) is 0 Å². The standard InChI is InChI=1S/C24H41NO4/c1-22-8-5-17(27-12-11-25)15-16(22)3-4-19-18(22)6-9-23(2)20(7-10-24(19,23)26)21-28-13-14-29-21/h16-21,26H,3-15,25H2,1-2H3/t16?,17?,18-,19-,20?,22+,23-,24-/m1/s1. The fraction of sp³-hybridized carbons (Fsp3) is 1.00. The number of hydrogen-bond donors (Lipinski definition) is 2. The zero-order chi connectivity index (χ0) is 20.3. The van der Waals surface area contributed by atoms with Crippen LogP contribution < -0.4 is 5.73 Å². The molecule has 0 aromatic rings. The average molecular weight is 408 g/mol. The Hall–Kier alpha value is -0.200. The molecule has 5 fully saturated rings. The highest BCUT2D eigenvalue weighted by atomic mass is 16.7. The molecule has 0 amide bonds. The summed E-state index contributed by atoms with van der Waals surface area (Å²) in [6, 6.07) is 0. The lowest BCUT2D eigenvalue weighted by Gasteiger charge is -2.63. The lowest BCUT2D eigenvalue weighted by Crippen LogP contribution is -2.63. The molecule has 4 saturated carbocycles. The first-order chi connectivity index (χ1) is 13.9. The normalized spacial score (nSPS) is 52.8. The summed E-state index contributed by atoms with van der Waals surface area (Å²) in [4.78, 5) is 0. The van der Waals surface area contributed by atoms with Crippen molar-refractivity contribution in [3.05, 3.63) is 0 Å². The average Bonchev–Trinajstić information content (AvgIpc) is 3.32. The van der Waals surface area contributed by atoms with Gasteiger partial charge in [-0.3, -0.25) is 0 Å². The van der Waals surface area contributed by atoms with Crippen LogP contribution in [0.15, 0.2) is 0 Å². The van der Waals surface area contributed by atoms with Crippen molar-refractivity contribution in [2.24, 2.45) is 40.2 Å². The van der Waals surface area contributed by atoms with Crippen LogP contribution in [0.4, 0.5) is 0 Å². The van der Waals surface area contributed by atoms with Gasteiger partial charge in [0, 0.05) is 17.9 Å². The van der Waals surface area contributed by atoms with Crippen molar-refractivity contribution in [3.63, 3.8) is 0 Å². The first kappa shape index (κ1) is 20.7.